The largest absolute Gasteiger partial charge is 0.310 e. The number of nitrogens with zero attached hydrogens (tertiary/aromatic N) is 2. The smallest absolute Gasteiger partial charge is 0.0547 e. The van der Waals surface area contributed by atoms with Crippen LogP contribution < -0.4 is 4.90 Å². The average Bonchev–Trinajstić information content (AvgIpc) is 3.63. The number of hydrogen-bond donors (Lipinski definition) is 0. The van der Waals surface area contributed by atoms with Gasteiger partial charge in [0.1, 0.15) is 0 Å². The molecule has 0 bridgehead atoms. The molecule has 0 aliphatic heterocycles. The highest BCUT2D eigenvalue weighted by molar-refractivity contribution is 6.11. The van der Waals surface area contributed by atoms with Gasteiger partial charge in [-0.1, -0.05) is 176 Å². The Kier molecular flexibility index (Phi) is 8.19. The quantitative estimate of drug-likeness (QED) is 0.158. The predicted molar refractivity (Wildman–Crippen MR) is 247 cm³/mol. The van der Waals surface area contributed by atoms with Crippen LogP contribution in [0.4, 0.5) is 17.1 Å². The van der Waals surface area contributed by atoms with E-state index in [1.165, 1.54) is 71.2 Å². The van der Waals surface area contributed by atoms with Crippen LogP contribution in [0.15, 0.2) is 231 Å². The van der Waals surface area contributed by atoms with Crippen LogP contribution >= 0.6 is 0 Å². The van der Waals surface area contributed by atoms with Gasteiger partial charge < -0.3 is 9.47 Å². The van der Waals surface area contributed by atoms with Gasteiger partial charge in [0.25, 0.3) is 0 Å². The Morgan fingerprint density at radius 1 is 0.293 bits per heavy atom. The third-order valence-corrected chi connectivity index (χ3v) is 11.5. The normalized spacial score (nSPS) is 11.4. The summed E-state index contributed by atoms with van der Waals surface area (Å²) in [6.07, 6.45) is 0. The Labute approximate surface area is 338 Å². The van der Waals surface area contributed by atoms with Gasteiger partial charge in [0.05, 0.1) is 16.7 Å². The van der Waals surface area contributed by atoms with E-state index < -0.39 is 0 Å². The molecule has 0 fully saturated rings. The molecule has 1 aromatic heterocycles. The van der Waals surface area contributed by atoms with E-state index in [0.717, 1.165) is 28.3 Å². The minimum absolute atomic E-state index is 1.08. The van der Waals surface area contributed by atoms with Crippen LogP contribution in [-0.2, 0) is 0 Å². The Balaban J connectivity index is 1.14. The maximum absolute atomic E-state index is 2.45. The molecule has 11 aromatic rings. The van der Waals surface area contributed by atoms with Gasteiger partial charge in [-0.05, 0) is 104 Å². The first kappa shape index (κ1) is 33.6. The van der Waals surface area contributed by atoms with Crippen LogP contribution in [0.3, 0.4) is 0 Å². The van der Waals surface area contributed by atoms with Gasteiger partial charge in [0.15, 0.2) is 0 Å². The first-order chi connectivity index (χ1) is 28.8. The van der Waals surface area contributed by atoms with Crippen molar-refractivity contribution in [2.75, 3.05) is 4.90 Å². The molecule has 1 heterocycles. The lowest BCUT2D eigenvalue weighted by molar-refractivity contribution is 1.19. The zero-order valence-electron chi connectivity index (χ0n) is 31.8. The Morgan fingerprint density at radius 2 is 0.759 bits per heavy atom. The summed E-state index contributed by atoms with van der Waals surface area (Å²) in [4.78, 5) is 2.41. The fourth-order valence-electron chi connectivity index (χ4n) is 8.92. The summed E-state index contributed by atoms with van der Waals surface area (Å²) in [5.74, 6) is 0. The molecule has 2 nitrogen and oxygen atoms in total. The highest BCUT2D eigenvalue weighted by atomic mass is 15.1. The molecule has 0 spiro atoms. The third kappa shape index (κ3) is 5.74. The number of benzene rings is 10. The molecular formula is C56H38N2. The first-order valence-electron chi connectivity index (χ1n) is 19.9. The fraction of sp³-hybridized carbons (Fsp3) is 0. The zero-order chi connectivity index (χ0) is 38.4. The van der Waals surface area contributed by atoms with Gasteiger partial charge in [-0.2, -0.15) is 0 Å². The molecule has 0 unspecified atom stereocenters. The Morgan fingerprint density at radius 3 is 1.45 bits per heavy atom. The maximum atomic E-state index is 2.45. The molecule has 58 heavy (non-hydrogen) atoms. The number of hydrogen-bond acceptors (Lipinski definition) is 1. The van der Waals surface area contributed by atoms with Gasteiger partial charge >= 0.3 is 0 Å². The van der Waals surface area contributed by atoms with Gasteiger partial charge in [0, 0.05) is 33.4 Å². The van der Waals surface area contributed by atoms with Crippen molar-refractivity contribution >= 4 is 60.4 Å². The van der Waals surface area contributed by atoms with Crippen LogP contribution in [0.2, 0.25) is 0 Å². The van der Waals surface area contributed by atoms with Crippen LogP contribution in [0.1, 0.15) is 0 Å². The lowest BCUT2D eigenvalue weighted by Gasteiger charge is -2.27. The molecule has 0 amide bonds. The molecule has 0 radical (unpaired) electrons. The van der Waals surface area contributed by atoms with Gasteiger partial charge in [-0.3, -0.25) is 0 Å². The van der Waals surface area contributed by atoms with Crippen LogP contribution in [0.5, 0.6) is 0 Å². The van der Waals surface area contributed by atoms with Crippen molar-refractivity contribution in [2.24, 2.45) is 0 Å². The second kappa shape index (κ2) is 14.1. The maximum Gasteiger partial charge on any atom is 0.0547 e. The summed E-state index contributed by atoms with van der Waals surface area (Å²) in [5.41, 5.74) is 13.9. The van der Waals surface area contributed by atoms with Crippen molar-refractivity contribution in [3.05, 3.63) is 231 Å². The van der Waals surface area contributed by atoms with E-state index >= 15 is 0 Å². The van der Waals surface area contributed by atoms with E-state index in [9.17, 15) is 0 Å². The topological polar surface area (TPSA) is 8.17 Å². The first-order valence-corrected chi connectivity index (χ1v) is 19.9. The molecule has 0 atom stereocenters. The van der Waals surface area contributed by atoms with Crippen molar-refractivity contribution in [1.82, 2.24) is 4.57 Å². The molecule has 0 saturated heterocycles. The van der Waals surface area contributed by atoms with E-state index in [4.69, 9.17) is 0 Å². The minimum atomic E-state index is 1.08. The minimum Gasteiger partial charge on any atom is -0.310 e. The monoisotopic (exact) mass is 738 g/mol. The van der Waals surface area contributed by atoms with Crippen molar-refractivity contribution in [2.45, 2.75) is 0 Å². The number of aromatic nitrogens is 1. The molecule has 0 aliphatic carbocycles. The summed E-state index contributed by atoms with van der Waals surface area (Å²) in [6, 6.07) is 83.8. The van der Waals surface area contributed by atoms with Crippen molar-refractivity contribution in [3.63, 3.8) is 0 Å². The second-order valence-electron chi connectivity index (χ2n) is 14.9. The van der Waals surface area contributed by atoms with Crippen LogP contribution in [0.25, 0.3) is 82.4 Å². The van der Waals surface area contributed by atoms with Crippen LogP contribution in [0, 0.1) is 0 Å². The molecule has 0 saturated carbocycles. The summed E-state index contributed by atoms with van der Waals surface area (Å²) < 4.78 is 2.45. The number of rotatable bonds is 7. The van der Waals surface area contributed by atoms with Crippen molar-refractivity contribution in [1.29, 1.82) is 0 Å². The molecular weight excluding hydrogens is 701 g/mol. The van der Waals surface area contributed by atoms with E-state index in [0.29, 0.717) is 0 Å². The summed E-state index contributed by atoms with van der Waals surface area (Å²) in [5, 5.41) is 7.41. The lowest BCUT2D eigenvalue weighted by atomic mass is 9.95. The zero-order valence-corrected chi connectivity index (χ0v) is 31.8. The molecule has 0 N–H and O–H groups in total. The van der Waals surface area contributed by atoms with Crippen molar-refractivity contribution in [3.8, 4) is 39.1 Å². The molecule has 272 valence electrons. The standard InChI is InChI=1S/C56H38N2/c1-2-16-39(17-3-1)42-21-12-24-45(36-42)57(46-25-13-22-43(37-46)49-31-15-20-40-18-4-6-27-48(40)49)47-26-14-23-44(38-47)56-50-28-7-5-19-41(50)34-35-55(56)58-53-32-10-8-29-51(53)52-30-9-11-33-54(52)58/h1-38H. The number of fused-ring (bicyclic) bond motifs is 5. The predicted octanol–water partition coefficient (Wildman–Crippen LogP) is 15.6. The average molecular weight is 739 g/mol. The third-order valence-electron chi connectivity index (χ3n) is 11.5. The summed E-state index contributed by atoms with van der Waals surface area (Å²) in [6.45, 7) is 0. The molecule has 11 rings (SSSR count). The summed E-state index contributed by atoms with van der Waals surface area (Å²) >= 11 is 0. The van der Waals surface area contributed by atoms with Gasteiger partial charge in [-0.25, -0.2) is 0 Å². The molecule has 0 aliphatic rings. The molecule has 10 aromatic carbocycles. The highest BCUT2D eigenvalue weighted by Gasteiger charge is 2.20. The SMILES string of the molecule is c1ccc(-c2cccc(N(c3cccc(-c4cccc5ccccc45)c3)c3cccc(-c4c(-n5c6ccccc6c6ccccc65)ccc5ccccc45)c3)c2)cc1. The van der Waals surface area contributed by atoms with E-state index in [2.05, 4.69) is 240 Å². The fourth-order valence-corrected chi connectivity index (χ4v) is 8.92. The van der Waals surface area contributed by atoms with E-state index in [-0.39, 0.29) is 0 Å². The summed E-state index contributed by atoms with van der Waals surface area (Å²) in [7, 11) is 0. The van der Waals surface area contributed by atoms with Crippen LogP contribution in [-0.4, -0.2) is 4.57 Å². The van der Waals surface area contributed by atoms with Crippen molar-refractivity contribution < 1.29 is 0 Å². The molecule has 2 heteroatoms. The number of anilines is 3. The van der Waals surface area contributed by atoms with Gasteiger partial charge in [-0.15, -0.1) is 0 Å². The Hall–Kier alpha value is -7.68. The highest BCUT2D eigenvalue weighted by Crippen LogP contribution is 2.44. The van der Waals surface area contributed by atoms with Gasteiger partial charge in [0.2, 0.25) is 0 Å². The number of para-hydroxylation sites is 2. The Bertz CT molecular complexity index is 3240. The second-order valence-corrected chi connectivity index (χ2v) is 14.9. The van der Waals surface area contributed by atoms with E-state index in [1.54, 1.807) is 0 Å². The lowest BCUT2D eigenvalue weighted by Crippen LogP contribution is -2.10. The van der Waals surface area contributed by atoms with E-state index in [1.807, 2.05) is 0 Å².